The Hall–Kier alpha value is -2.08. The van der Waals surface area contributed by atoms with Crippen molar-refractivity contribution in [3.05, 3.63) is 46.4 Å². The molecule has 0 aliphatic carbocycles. The molecular formula is C18H24N4OS. The fraction of sp³-hybridized carbons (Fsp3) is 0.444. The fourth-order valence-corrected chi connectivity index (χ4v) is 3.71. The van der Waals surface area contributed by atoms with Gasteiger partial charge >= 0.3 is 6.03 Å². The van der Waals surface area contributed by atoms with Crippen molar-refractivity contribution >= 4 is 23.1 Å². The third-order valence-corrected chi connectivity index (χ3v) is 5.16. The Morgan fingerprint density at radius 1 is 1.21 bits per heavy atom. The van der Waals surface area contributed by atoms with Gasteiger partial charge in [0.15, 0.2) is 0 Å². The van der Waals surface area contributed by atoms with E-state index < -0.39 is 0 Å². The highest BCUT2D eigenvalue weighted by Crippen LogP contribution is 2.16. The number of rotatable bonds is 4. The molecule has 128 valence electrons. The van der Waals surface area contributed by atoms with Gasteiger partial charge in [0.1, 0.15) is 0 Å². The molecule has 0 atom stereocenters. The van der Waals surface area contributed by atoms with Gasteiger partial charge in [-0.15, -0.1) is 11.3 Å². The smallest absolute Gasteiger partial charge is 0.317 e. The monoisotopic (exact) mass is 344 g/mol. The van der Waals surface area contributed by atoms with Crippen molar-refractivity contribution in [3.8, 4) is 0 Å². The number of aryl methyl sites for hydroxylation is 1. The molecule has 1 saturated heterocycles. The largest absolute Gasteiger partial charge is 0.370 e. The minimum absolute atomic E-state index is 0.0400. The van der Waals surface area contributed by atoms with Crippen LogP contribution in [0.5, 0.6) is 0 Å². The Balaban J connectivity index is 1.46. The van der Waals surface area contributed by atoms with Crippen LogP contribution in [0.1, 0.15) is 16.3 Å². The standard InChI is InChI=1S/C18H24N4OS/c1-15-14-20-17(24-15)8-9-19-18(23)22-11-5-10-21(12-13-22)16-6-3-2-4-7-16/h2-4,6-7,14H,5,8-13H2,1H3,(H,19,23). The summed E-state index contributed by atoms with van der Waals surface area (Å²) in [6, 6.07) is 10.5. The van der Waals surface area contributed by atoms with E-state index in [1.54, 1.807) is 11.3 Å². The summed E-state index contributed by atoms with van der Waals surface area (Å²) in [4.78, 5) is 22.2. The summed E-state index contributed by atoms with van der Waals surface area (Å²) in [5.74, 6) is 0. The zero-order valence-corrected chi connectivity index (χ0v) is 14.9. The van der Waals surface area contributed by atoms with E-state index in [1.165, 1.54) is 10.6 Å². The molecule has 0 unspecified atom stereocenters. The van der Waals surface area contributed by atoms with Gasteiger partial charge in [0.2, 0.25) is 0 Å². The molecule has 2 heterocycles. The van der Waals surface area contributed by atoms with E-state index in [-0.39, 0.29) is 6.03 Å². The van der Waals surface area contributed by atoms with Crippen molar-refractivity contribution in [1.29, 1.82) is 0 Å². The van der Waals surface area contributed by atoms with E-state index >= 15 is 0 Å². The highest BCUT2D eigenvalue weighted by atomic mass is 32.1. The minimum Gasteiger partial charge on any atom is -0.370 e. The molecule has 2 amide bonds. The second-order valence-electron chi connectivity index (χ2n) is 6.01. The molecule has 0 radical (unpaired) electrons. The average Bonchev–Trinajstić information content (AvgIpc) is 2.86. The molecule has 0 bridgehead atoms. The van der Waals surface area contributed by atoms with Crippen LogP contribution in [-0.4, -0.2) is 48.6 Å². The molecule has 1 N–H and O–H groups in total. The van der Waals surface area contributed by atoms with Crippen molar-refractivity contribution in [3.63, 3.8) is 0 Å². The van der Waals surface area contributed by atoms with Gasteiger partial charge in [-0.05, 0) is 25.5 Å². The van der Waals surface area contributed by atoms with Crippen LogP contribution in [-0.2, 0) is 6.42 Å². The quantitative estimate of drug-likeness (QED) is 0.928. The first-order valence-electron chi connectivity index (χ1n) is 8.46. The number of carbonyl (C=O) groups is 1. The Bertz CT molecular complexity index is 658. The summed E-state index contributed by atoms with van der Waals surface area (Å²) in [5, 5.41) is 4.11. The molecule has 0 spiro atoms. The highest BCUT2D eigenvalue weighted by molar-refractivity contribution is 7.11. The molecule has 6 heteroatoms. The van der Waals surface area contributed by atoms with Gasteiger partial charge in [0.25, 0.3) is 0 Å². The number of nitrogens with zero attached hydrogens (tertiary/aromatic N) is 3. The average molecular weight is 344 g/mol. The maximum atomic E-state index is 12.4. The van der Waals surface area contributed by atoms with Crippen LogP contribution in [0.25, 0.3) is 0 Å². The van der Waals surface area contributed by atoms with Gasteiger partial charge in [0, 0.05) is 55.9 Å². The van der Waals surface area contributed by atoms with Gasteiger partial charge in [-0.25, -0.2) is 9.78 Å². The summed E-state index contributed by atoms with van der Waals surface area (Å²) in [5.41, 5.74) is 1.24. The van der Waals surface area contributed by atoms with E-state index in [4.69, 9.17) is 0 Å². The summed E-state index contributed by atoms with van der Waals surface area (Å²) < 4.78 is 0. The van der Waals surface area contributed by atoms with Gasteiger partial charge in [-0.3, -0.25) is 0 Å². The predicted octanol–water partition coefficient (Wildman–Crippen LogP) is 2.92. The molecule has 2 aromatic rings. The first-order chi connectivity index (χ1) is 11.7. The molecule has 1 aromatic carbocycles. The number of para-hydroxylation sites is 1. The Labute approximate surface area is 147 Å². The van der Waals surface area contributed by atoms with E-state index in [9.17, 15) is 4.79 Å². The van der Waals surface area contributed by atoms with Crippen molar-refractivity contribution in [1.82, 2.24) is 15.2 Å². The van der Waals surface area contributed by atoms with Crippen LogP contribution in [0.2, 0.25) is 0 Å². The molecule has 1 aliphatic heterocycles. The Morgan fingerprint density at radius 3 is 2.79 bits per heavy atom. The van der Waals surface area contributed by atoms with Gasteiger partial charge in [-0.2, -0.15) is 0 Å². The Kier molecular flexibility index (Phi) is 5.69. The van der Waals surface area contributed by atoms with Crippen molar-refractivity contribution < 1.29 is 4.79 Å². The first-order valence-corrected chi connectivity index (χ1v) is 9.28. The van der Waals surface area contributed by atoms with Gasteiger partial charge < -0.3 is 15.1 Å². The first kappa shape index (κ1) is 16.8. The lowest BCUT2D eigenvalue weighted by atomic mass is 10.3. The number of thiazole rings is 1. The normalized spacial score (nSPS) is 15.2. The number of carbonyl (C=O) groups excluding carboxylic acids is 1. The second-order valence-corrected chi connectivity index (χ2v) is 7.33. The van der Waals surface area contributed by atoms with Crippen LogP contribution in [0.4, 0.5) is 10.5 Å². The zero-order chi connectivity index (χ0) is 16.8. The van der Waals surface area contributed by atoms with Crippen molar-refractivity contribution in [2.45, 2.75) is 19.8 Å². The lowest BCUT2D eigenvalue weighted by molar-refractivity contribution is 0.201. The van der Waals surface area contributed by atoms with Crippen molar-refractivity contribution in [2.24, 2.45) is 0 Å². The Morgan fingerprint density at radius 2 is 2.04 bits per heavy atom. The molecular weight excluding hydrogens is 320 g/mol. The molecule has 24 heavy (non-hydrogen) atoms. The molecule has 5 nitrogen and oxygen atoms in total. The number of hydrogen-bond acceptors (Lipinski definition) is 4. The molecule has 0 saturated carbocycles. The van der Waals surface area contributed by atoms with E-state index in [0.717, 1.165) is 44.0 Å². The number of nitrogens with one attached hydrogen (secondary N) is 1. The van der Waals surface area contributed by atoms with Crippen LogP contribution < -0.4 is 10.2 Å². The van der Waals surface area contributed by atoms with Crippen molar-refractivity contribution in [2.75, 3.05) is 37.6 Å². The second kappa shape index (κ2) is 8.15. The lowest BCUT2D eigenvalue weighted by Crippen LogP contribution is -2.42. The van der Waals surface area contributed by atoms with Crippen LogP contribution in [0.3, 0.4) is 0 Å². The zero-order valence-electron chi connectivity index (χ0n) is 14.1. The third-order valence-electron chi connectivity index (χ3n) is 4.19. The number of anilines is 1. The lowest BCUT2D eigenvalue weighted by Gasteiger charge is -2.23. The number of hydrogen-bond donors (Lipinski definition) is 1. The number of amides is 2. The van der Waals surface area contributed by atoms with Crippen LogP contribution in [0, 0.1) is 6.92 Å². The topological polar surface area (TPSA) is 48.5 Å². The van der Waals surface area contributed by atoms with Crippen LogP contribution in [0.15, 0.2) is 36.5 Å². The number of urea groups is 1. The predicted molar refractivity (Wildman–Crippen MR) is 98.8 cm³/mol. The summed E-state index contributed by atoms with van der Waals surface area (Å²) >= 11 is 1.69. The third kappa shape index (κ3) is 4.47. The molecule has 3 rings (SSSR count). The fourth-order valence-electron chi connectivity index (χ4n) is 2.92. The van der Waals surface area contributed by atoms with E-state index in [1.807, 2.05) is 17.2 Å². The molecule has 1 fully saturated rings. The SMILES string of the molecule is Cc1cnc(CCNC(=O)N2CCCN(c3ccccc3)CC2)s1. The molecule has 1 aromatic heterocycles. The van der Waals surface area contributed by atoms with Crippen LogP contribution >= 0.6 is 11.3 Å². The van der Waals surface area contributed by atoms with E-state index in [2.05, 4.69) is 46.4 Å². The minimum atomic E-state index is 0.0400. The van der Waals surface area contributed by atoms with Gasteiger partial charge in [0.05, 0.1) is 5.01 Å². The van der Waals surface area contributed by atoms with E-state index in [0.29, 0.717) is 6.54 Å². The summed E-state index contributed by atoms with van der Waals surface area (Å²) in [6.45, 7) is 6.14. The number of benzene rings is 1. The maximum Gasteiger partial charge on any atom is 0.317 e. The summed E-state index contributed by atoms with van der Waals surface area (Å²) in [6.07, 6.45) is 3.68. The number of aromatic nitrogens is 1. The summed E-state index contributed by atoms with van der Waals surface area (Å²) in [7, 11) is 0. The van der Waals surface area contributed by atoms with Gasteiger partial charge in [-0.1, -0.05) is 18.2 Å². The molecule has 1 aliphatic rings. The highest BCUT2D eigenvalue weighted by Gasteiger charge is 2.18. The maximum absolute atomic E-state index is 12.4.